The van der Waals surface area contributed by atoms with Crippen LogP contribution in [-0.4, -0.2) is 17.5 Å². The van der Waals surface area contributed by atoms with Crippen molar-refractivity contribution in [2.45, 2.75) is 13.5 Å². The number of halogens is 1. The van der Waals surface area contributed by atoms with Crippen molar-refractivity contribution in [2.24, 2.45) is 0 Å². The molecule has 0 fully saturated rings. The van der Waals surface area contributed by atoms with Gasteiger partial charge in [-0.1, -0.05) is 15.9 Å². The molecule has 6 nitrogen and oxygen atoms in total. The maximum absolute atomic E-state index is 13.4. The standard InChI is InChI=1S/C26H20BrN2O4/c1-16-3-10-25-28(13-16)14-22(17-4-6-19(27)7-5-17)29(25)15-23(30)21-12-18-11-20(32-2)8-9-24(18)33-26(21)31/h3-14H,15H2,1-2H3/q+1. The fourth-order valence-electron chi connectivity index (χ4n) is 3.95. The lowest BCUT2D eigenvalue weighted by Crippen LogP contribution is -2.22. The largest absolute Gasteiger partial charge is 0.497 e. The Hall–Kier alpha value is -3.71. The van der Waals surface area contributed by atoms with Gasteiger partial charge in [-0.25, -0.2) is 13.8 Å². The molecule has 0 bridgehead atoms. The molecular formula is C26H20BrN2O4+. The summed E-state index contributed by atoms with van der Waals surface area (Å²) in [5, 5.41) is 0.632. The number of ether oxygens (including phenoxy) is 1. The number of ketones is 1. The summed E-state index contributed by atoms with van der Waals surface area (Å²) < 4.78 is 15.5. The summed E-state index contributed by atoms with van der Waals surface area (Å²) in [6, 6.07) is 18.6. The van der Waals surface area contributed by atoms with Crippen molar-refractivity contribution < 1.29 is 18.3 Å². The minimum atomic E-state index is -0.650. The first-order valence-electron chi connectivity index (χ1n) is 10.3. The van der Waals surface area contributed by atoms with Crippen LogP contribution in [-0.2, 0) is 6.54 Å². The van der Waals surface area contributed by atoms with E-state index in [4.69, 9.17) is 9.15 Å². The second-order valence-corrected chi connectivity index (χ2v) is 8.77. The van der Waals surface area contributed by atoms with Crippen molar-refractivity contribution in [3.05, 3.63) is 99.1 Å². The average molecular weight is 504 g/mol. The second kappa shape index (κ2) is 8.33. The van der Waals surface area contributed by atoms with E-state index in [0.29, 0.717) is 16.7 Å². The molecule has 0 atom stereocenters. The van der Waals surface area contributed by atoms with Gasteiger partial charge in [0, 0.05) is 21.5 Å². The number of methoxy groups -OCH3 is 1. The first-order valence-corrected chi connectivity index (χ1v) is 11.1. The molecule has 0 radical (unpaired) electrons. The molecule has 2 aromatic carbocycles. The zero-order valence-corrected chi connectivity index (χ0v) is 19.6. The van der Waals surface area contributed by atoms with Gasteiger partial charge in [0.2, 0.25) is 5.78 Å². The van der Waals surface area contributed by atoms with E-state index in [1.165, 1.54) is 0 Å². The van der Waals surface area contributed by atoms with Gasteiger partial charge >= 0.3 is 5.63 Å². The lowest BCUT2D eigenvalue weighted by atomic mass is 10.1. The van der Waals surface area contributed by atoms with Crippen LogP contribution in [0.25, 0.3) is 27.9 Å². The van der Waals surface area contributed by atoms with E-state index in [2.05, 4.69) is 15.9 Å². The van der Waals surface area contributed by atoms with E-state index in [9.17, 15) is 9.59 Å². The van der Waals surface area contributed by atoms with Gasteiger partial charge in [0.1, 0.15) is 23.1 Å². The van der Waals surface area contributed by atoms with E-state index in [1.807, 2.05) is 64.7 Å². The van der Waals surface area contributed by atoms with Crippen LogP contribution >= 0.6 is 15.9 Å². The van der Waals surface area contributed by atoms with Gasteiger partial charge in [0.15, 0.2) is 12.2 Å². The number of hydrogen-bond acceptors (Lipinski definition) is 4. The van der Waals surface area contributed by atoms with E-state index < -0.39 is 5.63 Å². The van der Waals surface area contributed by atoms with E-state index in [1.54, 1.807) is 31.4 Å². The Morgan fingerprint density at radius 1 is 1.06 bits per heavy atom. The van der Waals surface area contributed by atoms with Crippen LogP contribution in [0.2, 0.25) is 0 Å². The molecule has 0 unspecified atom stereocenters. The first kappa shape index (κ1) is 21.2. The van der Waals surface area contributed by atoms with Crippen molar-refractivity contribution >= 4 is 38.3 Å². The normalized spacial score (nSPS) is 11.2. The Balaban J connectivity index is 1.62. The molecule has 3 aromatic heterocycles. The zero-order chi connectivity index (χ0) is 23.1. The lowest BCUT2D eigenvalue weighted by molar-refractivity contribution is -0.510. The topological polar surface area (TPSA) is 65.5 Å². The number of hydrogen-bond donors (Lipinski definition) is 0. The van der Waals surface area contributed by atoms with Gasteiger partial charge < -0.3 is 9.15 Å². The average Bonchev–Trinajstić information content (AvgIpc) is 3.15. The maximum atomic E-state index is 13.4. The molecule has 7 heteroatoms. The number of aromatic nitrogens is 2. The third-order valence-electron chi connectivity index (χ3n) is 5.61. The van der Waals surface area contributed by atoms with E-state index in [-0.39, 0.29) is 17.9 Å². The van der Waals surface area contributed by atoms with Crippen LogP contribution in [0.5, 0.6) is 5.75 Å². The summed E-state index contributed by atoms with van der Waals surface area (Å²) in [5.74, 6) is 0.293. The number of imidazole rings is 1. The number of carbonyl (C=O) groups excluding carboxylic acids is 1. The molecule has 3 heterocycles. The summed E-state index contributed by atoms with van der Waals surface area (Å²) >= 11 is 3.47. The predicted molar refractivity (Wildman–Crippen MR) is 129 cm³/mol. The van der Waals surface area contributed by atoms with Crippen LogP contribution in [0.1, 0.15) is 15.9 Å². The van der Waals surface area contributed by atoms with Crippen molar-refractivity contribution in [2.75, 3.05) is 7.11 Å². The maximum Gasteiger partial charge on any atom is 0.347 e. The second-order valence-electron chi connectivity index (χ2n) is 7.85. The van der Waals surface area contributed by atoms with Gasteiger partial charge in [-0.3, -0.25) is 4.79 Å². The number of rotatable bonds is 5. The fraction of sp³-hybridized carbons (Fsp3) is 0.115. The number of Topliss-reactive ketones (excluding diaryl/α,β-unsaturated/α-hetero) is 1. The predicted octanol–water partition coefficient (Wildman–Crippen LogP) is 4.96. The molecule has 164 valence electrons. The molecule has 5 aromatic rings. The van der Waals surface area contributed by atoms with Crippen LogP contribution < -0.4 is 14.8 Å². The third kappa shape index (κ3) is 3.96. The Labute approximate surface area is 197 Å². The summed E-state index contributed by atoms with van der Waals surface area (Å²) in [6.07, 6.45) is 4.00. The monoisotopic (exact) mass is 503 g/mol. The van der Waals surface area contributed by atoms with Crippen molar-refractivity contribution in [3.8, 4) is 17.0 Å². The molecule has 0 aliphatic heterocycles. The van der Waals surface area contributed by atoms with Crippen LogP contribution in [0.15, 0.2) is 86.7 Å². The summed E-state index contributed by atoms with van der Waals surface area (Å²) in [4.78, 5) is 26.0. The van der Waals surface area contributed by atoms with E-state index >= 15 is 0 Å². The molecule has 33 heavy (non-hydrogen) atoms. The molecule has 0 N–H and O–H groups in total. The van der Waals surface area contributed by atoms with Gasteiger partial charge in [-0.2, -0.15) is 0 Å². The molecule has 0 saturated heterocycles. The number of aryl methyl sites for hydroxylation is 1. The van der Waals surface area contributed by atoms with Crippen molar-refractivity contribution in [3.63, 3.8) is 0 Å². The SMILES string of the molecule is COc1ccc2oc(=O)c(C(=O)Cn3c(-c4ccc(Br)cc4)c[n+]4cc(C)ccc34)cc2c1. The van der Waals surface area contributed by atoms with Crippen molar-refractivity contribution in [1.82, 2.24) is 4.57 Å². The number of fused-ring (bicyclic) bond motifs is 2. The molecule has 5 rings (SSSR count). The Morgan fingerprint density at radius 3 is 2.61 bits per heavy atom. The Bertz CT molecular complexity index is 1580. The van der Waals surface area contributed by atoms with Crippen molar-refractivity contribution in [1.29, 1.82) is 0 Å². The first-order chi connectivity index (χ1) is 15.9. The van der Waals surface area contributed by atoms with Crippen LogP contribution in [0.4, 0.5) is 0 Å². The minimum absolute atomic E-state index is 0.00874. The molecule has 0 saturated carbocycles. The van der Waals surface area contributed by atoms with Crippen LogP contribution in [0, 0.1) is 6.92 Å². The van der Waals surface area contributed by atoms with Gasteiger partial charge in [0.25, 0.3) is 5.65 Å². The molecule has 0 amide bonds. The number of benzene rings is 2. The van der Waals surface area contributed by atoms with E-state index in [0.717, 1.165) is 26.9 Å². The zero-order valence-electron chi connectivity index (χ0n) is 18.0. The molecule has 0 aliphatic rings. The number of pyridine rings is 1. The minimum Gasteiger partial charge on any atom is -0.497 e. The van der Waals surface area contributed by atoms with Gasteiger partial charge in [0.05, 0.1) is 13.3 Å². The molecular weight excluding hydrogens is 484 g/mol. The van der Waals surface area contributed by atoms with Gasteiger partial charge in [-0.05, 0) is 67.1 Å². The molecule has 0 spiro atoms. The Kier molecular flexibility index (Phi) is 5.34. The number of nitrogens with zero attached hydrogens (tertiary/aromatic N) is 2. The smallest absolute Gasteiger partial charge is 0.347 e. The molecule has 0 aliphatic carbocycles. The third-order valence-corrected chi connectivity index (χ3v) is 6.14. The lowest BCUT2D eigenvalue weighted by Gasteiger charge is -2.05. The highest BCUT2D eigenvalue weighted by Gasteiger charge is 2.24. The summed E-state index contributed by atoms with van der Waals surface area (Å²) in [5.41, 5.74) is 3.54. The number of carbonyl (C=O) groups is 1. The highest BCUT2D eigenvalue weighted by atomic mass is 79.9. The highest BCUT2D eigenvalue weighted by molar-refractivity contribution is 9.10. The quantitative estimate of drug-likeness (QED) is 0.193. The fourth-order valence-corrected chi connectivity index (χ4v) is 4.21. The Morgan fingerprint density at radius 2 is 1.85 bits per heavy atom. The van der Waals surface area contributed by atoms with Gasteiger partial charge in [-0.15, -0.1) is 0 Å². The summed E-state index contributed by atoms with van der Waals surface area (Å²) in [6.45, 7) is 2.01. The van der Waals surface area contributed by atoms with Crippen LogP contribution in [0.3, 0.4) is 0 Å². The highest BCUT2D eigenvalue weighted by Crippen LogP contribution is 2.24. The summed E-state index contributed by atoms with van der Waals surface area (Å²) in [7, 11) is 1.56.